The van der Waals surface area contributed by atoms with Crippen molar-refractivity contribution < 1.29 is 0 Å². The van der Waals surface area contributed by atoms with Crippen LogP contribution in [0.15, 0.2) is 34.5 Å². The summed E-state index contributed by atoms with van der Waals surface area (Å²) >= 11 is 0. The van der Waals surface area contributed by atoms with Crippen LogP contribution >= 0.6 is 0 Å². The molecule has 1 aromatic rings. The molecule has 16 heavy (non-hydrogen) atoms. The summed E-state index contributed by atoms with van der Waals surface area (Å²) in [5, 5.41) is 9.16. The van der Waals surface area contributed by atoms with Crippen LogP contribution in [0.2, 0.25) is 0 Å². The molecule has 2 nitrogen and oxygen atoms in total. The number of rotatable bonds is 0. The highest BCUT2D eigenvalue weighted by atomic mass is 15.2. The Morgan fingerprint density at radius 1 is 1.06 bits per heavy atom. The Labute approximate surface area is 94.8 Å². The molecule has 6 rings (SSSR count). The van der Waals surface area contributed by atoms with Crippen molar-refractivity contribution in [1.29, 1.82) is 0 Å². The maximum atomic E-state index is 4.62. The fourth-order valence-electron chi connectivity index (χ4n) is 4.59. The van der Waals surface area contributed by atoms with Crippen molar-refractivity contribution in [3.05, 3.63) is 35.4 Å². The van der Waals surface area contributed by atoms with Gasteiger partial charge in [0.05, 0.1) is 12.1 Å². The molecule has 0 radical (unpaired) electrons. The van der Waals surface area contributed by atoms with Gasteiger partial charge >= 0.3 is 0 Å². The van der Waals surface area contributed by atoms with Gasteiger partial charge in [0.2, 0.25) is 0 Å². The van der Waals surface area contributed by atoms with Crippen molar-refractivity contribution in [1.82, 2.24) is 0 Å². The topological polar surface area (TPSA) is 24.7 Å². The predicted molar refractivity (Wildman–Crippen MR) is 60.6 cm³/mol. The number of hydrogen-bond donors (Lipinski definition) is 0. The average molecular weight is 210 g/mol. The zero-order chi connectivity index (χ0) is 10.3. The molecule has 4 atom stereocenters. The normalized spacial score (nSPS) is 43.8. The molecule has 2 saturated carbocycles. The quantitative estimate of drug-likeness (QED) is 0.628. The highest BCUT2D eigenvalue weighted by molar-refractivity contribution is 5.47. The second-order valence-corrected chi connectivity index (χ2v) is 5.92. The van der Waals surface area contributed by atoms with Gasteiger partial charge in [-0.25, -0.2) is 0 Å². The summed E-state index contributed by atoms with van der Waals surface area (Å²) in [6.07, 6.45) is 4.04. The molecule has 1 spiro atoms. The lowest BCUT2D eigenvalue weighted by molar-refractivity contribution is 0.199. The van der Waals surface area contributed by atoms with Gasteiger partial charge in [0.1, 0.15) is 0 Å². The van der Waals surface area contributed by atoms with Gasteiger partial charge in [-0.1, -0.05) is 24.3 Å². The lowest BCUT2D eigenvalue weighted by Crippen LogP contribution is -2.45. The first-order valence-corrected chi connectivity index (χ1v) is 6.39. The minimum Gasteiger partial charge on any atom is -0.190 e. The third-order valence-electron chi connectivity index (χ3n) is 5.41. The Morgan fingerprint density at radius 2 is 1.88 bits per heavy atom. The summed E-state index contributed by atoms with van der Waals surface area (Å²) in [5.41, 5.74) is 3.73. The molecule has 2 fully saturated rings. The van der Waals surface area contributed by atoms with E-state index >= 15 is 0 Å². The number of nitrogens with zero attached hydrogens (tertiary/aromatic N) is 2. The molecule has 2 heteroatoms. The summed E-state index contributed by atoms with van der Waals surface area (Å²) in [6.45, 7) is 0. The van der Waals surface area contributed by atoms with Crippen molar-refractivity contribution in [2.45, 2.75) is 43.2 Å². The molecular formula is C14H14N2. The number of hydrogen-bond acceptors (Lipinski definition) is 2. The van der Waals surface area contributed by atoms with Gasteiger partial charge in [0.15, 0.2) is 0 Å². The molecule has 0 amide bonds. The highest BCUT2D eigenvalue weighted by Crippen LogP contribution is 2.72. The van der Waals surface area contributed by atoms with Gasteiger partial charge in [0.25, 0.3) is 0 Å². The van der Waals surface area contributed by atoms with Gasteiger partial charge in [-0.15, -0.1) is 0 Å². The van der Waals surface area contributed by atoms with Gasteiger partial charge < -0.3 is 0 Å². The maximum absolute atomic E-state index is 4.62. The first-order valence-electron chi connectivity index (χ1n) is 6.39. The van der Waals surface area contributed by atoms with Crippen LogP contribution in [0.4, 0.5) is 0 Å². The Balaban J connectivity index is 1.83. The molecule has 5 aliphatic rings. The second-order valence-electron chi connectivity index (χ2n) is 5.92. The van der Waals surface area contributed by atoms with Crippen molar-refractivity contribution in [3.63, 3.8) is 0 Å². The Bertz CT molecular complexity index is 494. The fourth-order valence-corrected chi connectivity index (χ4v) is 4.59. The van der Waals surface area contributed by atoms with Crippen LogP contribution in [0.3, 0.4) is 0 Å². The summed E-state index contributed by atoms with van der Waals surface area (Å²) < 4.78 is 0. The van der Waals surface area contributed by atoms with Crippen molar-refractivity contribution >= 4 is 0 Å². The van der Waals surface area contributed by atoms with Crippen LogP contribution < -0.4 is 0 Å². The van der Waals surface area contributed by atoms with E-state index in [0.29, 0.717) is 23.4 Å². The van der Waals surface area contributed by atoms with E-state index in [0.717, 1.165) is 5.92 Å². The van der Waals surface area contributed by atoms with Crippen molar-refractivity contribution in [2.75, 3.05) is 0 Å². The van der Waals surface area contributed by atoms with E-state index in [4.69, 9.17) is 0 Å². The summed E-state index contributed by atoms with van der Waals surface area (Å²) in [6, 6.07) is 10.1. The lowest BCUT2D eigenvalue weighted by atomic mass is 9.56. The standard InChI is InChI=1S/C14H14N2/c1-2-4-9-8(3-1)10-7-11-12(9)13(16-15-11)14(10)5-6-14/h1-4,10-13H,5-7H2/t10-,11+,12-,13+/m1/s1. The van der Waals surface area contributed by atoms with E-state index in [1.807, 2.05) is 0 Å². The molecule has 0 N–H and O–H groups in total. The van der Waals surface area contributed by atoms with E-state index < -0.39 is 0 Å². The predicted octanol–water partition coefficient (Wildman–Crippen LogP) is 3.25. The number of benzene rings is 1. The van der Waals surface area contributed by atoms with Crippen molar-refractivity contribution in [3.8, 4) is 0 Å². The minimum absolute atomic E-state index is 0.510. The SMILES string of the molecule is c1ccc2c(c1)[C@@H]1[C@@H]3C[C@H]2C2(CC2)[C@H]1N=N3. The van der Waals surface area contributed by atoms with E-state index in [1.54, 1.807) is 11.1 Å². The van der Waals surface area contributed by atoms with Gasteiger partial charge in [0, 0.05) is 11.3 Å². The second kappa shape index (κ2) is 2.24. The summed E-state index contributed by atoms with van der Waals surface area (Å²) in [5.74, 6) is 1.39. The molecular weight excluding hydrogens is 196 g/mol. The zero-order valence-corrected chi connectivity index (χ0v) is 9.13. The largest absolute Gasteiger partial charge is 0.190 e. The molecule has 0 unspecified atom stereocenters. The first kappa shape index (κ1) is 7.99. The van der Waals surface area contributed by atoms with E-state index in [9.17, 15) is 0 Å². The van der Waals surface area contributed by atoms with Crippen LogP contribution in [0, 0.1) is 5.41 Å². The molecule has 0 aromatic heterocycles. The molecule has 80 valence electrons. The molecule has 1 aromatic carbocycles. The summed E-state index contributed by atoms with van der Waals surface area (Å²) in [7, 11) is 0. The molecule has 4 bridgehead atoms. The highest BCUT2D eigenvalue weighted by Gasteiger charge is 2.67. The Hall–Kier alpha value is -1.18. The van der Waals surface area contributed by atoms with E-state index in [1.165, 1.54) is 19.3 Å². The Morgan fingerprint density at radius 3 is 2.69 bits per heavy atom. The first-order chi connectivity index (χ1) is 7.90. The molecule has 4 aliphatic carbocycles. The van der Waals surface area contributed by atoms with Crippen molar-refractivity contribution in [2.24, 2.45) is 15.6 Å². The lowest BCUT2D eigenvalue weighted by Gasteiger charge is -2.47. The van der Waals surface area contributed by atoms with E-state index in [2.05, 4.69) is 34.5 Å². The van der Waals surface area contributed by atoms with Crippen LogP contribution in [0.1, 0.15) is 42.2 Å². The van der Waals surface area contributed by atoms with Crippen LogP contribution in [-0.4, -0.2) is 12.1 Å². The molecule has 0 saturated heterocycles. The third-order valence-corrected chi connectivity index (χ3v) is 5.41. The fraction of sp³-hybridized carbons (Fsp3) is 0.571. The smallest absolute Gasteiger partial charge is 0.0859 e. The van der Waals surface area contributed by atoms with Gasteiger partial charge in [-0.2, -0.15) is 10.2 Å². The zero-order valence-electron chi connectivity index (χ0n) is 9.13. The van der Waals surface area contributed by atoms with Crippen LogP contribution in [-0.2, 0) is 0 Å². The summed E-state index contributed by atoms with van der Waals surface area (Å²) in [4.78, 5) is 0. The number of azo groups is 1. The monoisotopic (exact) mass is 210 g/mol. The van der Waals surface area contributed by atoms with Crippen LogP contribution in [0.25, 0.3) is 0 Å². The Kier molecular flexibility index (Phi) is 1.12. The average Bonchev–Trinajstić information content (AvgIpc) is 3.03. The van der Waals surface area contributed by atoms with Crippen LogP contribution in [0.5, 0.6) is 0 Å². The minimum atomic E-state index is 0.510. The molecule has 1 aliphatic heterocycles. The van der Waals surface area contributed by atoms with Gasteiger partial charge in [-0.3, -0.25) is 0 Å². The van der Waals surface area contributed by atoms with E-state index in [-0.39, 0.29) is 0 Å². The third kappa shape index (κ3) is 0.667. The van der Waals surface area contributed by atoms with Gasteiger partial charge in [-0.05, 0) is 36.3 Å². The maximum Gasteiger partial charge on any atom is 0.0859 e. The molecule has 1 heterocycles.